The molecule has 0 saturated carbocycles. The number of rotatable bonds is 4. The van der Waals surface area contributed by atoms with Crippen LogP contribution in [0.1, 0.15) is 21.5 Å². The lowest BCUT2D eigenvalue weighted by molar-refractivity contribution is -0.0379. The molecule has 1 aliphatic rings. The highest BCUT2D eigenvalue weighted by Gasteiger charge is 2.37. The van der Waals surface area contributed by atoms with Gasteiger partial charge in [0.05, 0.1) is 5.56 Å². The minimum absolute atomic E-state index is 0.00200. The average molecular weight is 404 g/mol. The topological polar surface area (TPSA) is 49.4 Å². The Hall–Kier alpha value is -2.49. The van der Waals surface area contributed by atoms with E-state index in [0.29, 0.717) is 5.56 Å². The van der Waals surface area contributed by atoms with Gasteiger partial charge in [-0.2, -0.15) is 13.2 Å². The first-order valence-electron chi connectivity index (χ1n) is 7.77. The monoisotopic (exact) mass is 404 g/mol. The molecule has 2 aromatic carbocycles. The number of nitrogens with zero attached hydrogens (tertiary/aromatic N) is 1. The first kappa shape index (κ1) is 19.3. The van der Waals surface area contributed by atoms with Gasteiger partial charge in [0.25, 0.3) is 5.91 Å². The van der Waals surface area contributed by atoms with E-state index in [9.17, 15) is 31.0 Å². The van der Waals surface area contributed by atoms with Crippen LogP contribution in [0.25, 0.3) is 0 Å². The van der Waals surface area contributed by atoms with Crippen LogP contribution in [0.2, 0.25) is 0 Å². The zero-order chi connectivity index (χ0) is 19.8. The minimum Gasteiger partial charge on any atom is -0.334 e. The summed E-state index contributed by atoms with van der Waals surface area (Å²) in [5.41, 5.74) is -4.55. The molecule has 0 aliphatic carbocycles. The molecule has 27 heavy (non-hydrogen) atoms. The molecule has 0 saturated heterocycles. The van der Waals surface area contributed by atoms with Crippen LogP contribution < -0.4 is 4.72 Å². The van der Waals surface area contributed by atoms with E-state index in [-0.39, 0.29) is 36.3 Å². The van der Waals surface area contributed by atoms with Crippen molar-refractivity contribution in [2.24, 2.45) is 0 Å². The number of alkyl halides is 3. The quantitative estimate of drug-likeness (QED) is 0.789. The Morgan fingerprint density at radius 1 is 1.04 bits per heavy atom. The summed E-state index contributed by atoms with van der Waals surface area (Å²) in [6, 6.07) is 7.38. The van der Waals surface area contributed by atoms with Crippen molar-refractivity contribution in [3.8, 4) is 0 Å². The molecule has 1 atom stereocenters. The first-order chi connectivity index (χ1) is 12.7. The summed E-state index contributed by atoms with van der Waals surface area (Å²) < 4.78 is 77.4. The highest BCUT2D eigenvalue weighted by atomic mass is 32.2. The third-order valence-corrected chi connectivity index (χ3v) is 4.93. The third kappa shape index (κ3) is 4.10. The van der Waals surface area contributed by atoms with Crippen LogP contribution in [-0.2, 0) is 24.0 Å². The van der Waals surface area contributed by atoms with Gasteiger partial charge in [0.15, 0.2) is 0 Å². The molecule has 0 spiro atoms. The van der Waals surface area contributed by atoms with Gasteiger partial charge in [0.2, 0.25) is 11.0 Å². The molecule has 4 nitrogen and oxygen atoms in total. The van der Waals surface area contributed by atoms with Crippen molar-refractivity contribution in [3.05, 3.63) is 64.7 Å². The van der Waals surface area contributed by atoms with Crippen molar-refractivity contribution in [3.63, 3.8) is 0 Å². The van der Waals surface area contributed by atoms with Gasteiger partial charge in [0, 0.05) is 24.3 Å². The van der Waals surface area contributed by atoms with Gasteiger partial charge in [-0.3, -0.25) is 9.52 Å². The Bertz CT molecular complexity index is 899. The third-order valence-electron chi connectivity index (χ3n) is 4.09. The van der Waals surface area contributed by atoms with E-state index in [0.717, 1.165) is 12.1 Å². The predicted octanol–water partition coefficient (Wildman–Crippen LogP) is 3.76. The minimum atomic E-state index is -4.88. The number of hydrogen-bond donors (Lipinski definition) is 1. The van der Waals surface area contributed by atoms with E-state index in [1.165, 1.54) is 29.2 Å². The number of benzene rings is 2. The molecule has 1 aliphatic heterocycles. The lowest BCUT2D eigenvalue weighted by Gasteiger charge is -2.29. The first-order valence-corrected chi connectivity index (χ1v) is 8.92. The van der Waals surface area contributed by atoms with Gasteiger partial charge in [0.1, 0.15) is 11.6 Å². The van der Waals surface area contributed by atoms with E-state index in [1.807, 2.05) is 4.72 Å². The van der Waals surface area contributed by atoms with E-state index >= 15 is 0 Å². The fourth-order valence-corrected chi connectivity index (χ4v) is 3.26. The second kappa shape index (κ2) is 7.26. The van der Waals surface area contributed by atoms with Crippen molar-refractivity contribution in [1.82, 2.24) is 4.90 Å². The average Bonchev–Trinajstić information content (AvgIpc) is 2.61. The maximum Gasteiger partial charge on any atom is 0.490 e. The predicted molar refractivity (Wildman–Crippen MR) is 89.1 cm³/mol. The highest BCUT2D eigenvalue weighted by molar-refractivity contribution is 7.87. The van der Waals surface area contributed by atoms with Crippen molar-refractivity contribution in [1.29, 1.82) is 0 Å². The summed E-state index contributed by atoms with van der Waals surface area (Å²) in [5.74, 6) is -2.07. The van der Waals surface area contributed by atoms with Crippen LogP contribution in [-0.4, -0.2) is 27.1 Å². The van der Waals surface area contributed by atoms with Crippen molar-refractivity contribution < 1.29 is 31.0 Å². The molecule has 2 aromatic rings. The second-order valence-corrected chi connectivity index (χ2v) is 7.08. The van der Waals surface area contributed by atoms with E-state index in [4.69, 9.17) is 0 Å². The summed E-state index contributed by atoms with van der Waals surface area (Å²) in [4.78, 5) is 13.8. The largest absolute Gasteiger partial charge is 0.490 e. The second-order valence-electron chi connectivity index (χ2n) is 5.87. The number of anilines is 1. The van der Waals surface area contributed by atoms with Crippen molar-refractivity contribution in [2.75, 3.05) is 11.3 Å². The van der Waals surface area contributed by atoms with Crippen LogP contribution >= 0.6 is 0 Å². The highest BCUT2D eigenvalue weighted by Crippen LogP contribution is 2.26. The summed E-state index contributed by atoms with van der Waals surface area (Å²) >= 11 is 0. The Morgan fingerprint density at radius 3 is 2.30 bits per heavy atom. The van der Waals surface area contributed by atoms with Gasteiger partial charge in [-0.15, -0.1) is 0 Å². The normalized spacial score (nSPS) is 15.4. The number of hydrogen-bond acceptors (Lipinski definition) is 2. The van der Waals surface area contributed by atoms with Crippen LogP contribution in [0.4, 0.5) is 27.6 Å². The number of carbonyl (C=O) groups is 1. The summed E-state index contributed by atoms with van der Waals surface area (Å²) in [6.45, 7) is 0.265. The van der Waals surface area contributed by atoms with Gasteiger partial charge in [-0.1, -0.05) is 12.1 Å². The van der Waals surface area contributed by atoms with E-state index in [1.54, 1.807) is 0 Å². The van der Waals surface area contributed by atoms with Gasteiger partial charge in [-0.25, -0.2) is 13.0 Å². The Labute approximate surface area is 153 Å². The SMILES string of the molecule is O=C1c2c(F)ccc(F)c2CCN1Cc1ccc(NS(=O)C(F)(F)F)cc1. The van der Waals surface area contributed by atoms with Crippen LogP contribution in [0.3, 0.4) is 0 Å². The molecule has 3 rings (SSSR count). The zero-order valence-corrected chi connectivity index (χ0v) is 14.5. The molecular weight excluding hydrogens is 391 g/mol. The smallest absolute Gasteiger partial charge is 0.334 e. The van der Waals surface area contributed by atoms with E-state index in [2.05, 4.69) is 0 Å². The maximum absolute atomic E-state index is 13.9. The standard InChI is InChI=1S/C17H13F5N2O2S/c18-13-5-6-14(19)15-12(13)7-8-24(16(15)25)9-10-1-3-11(4-2-10)23-27(26)17(20,21)22/h1-6,23H,7-9H2. The van der Waals surface area contributed by atoms with E-state index < -0.39 is 34.0 Å². The number of nitrogens with one attached hydrogen (secondary N) is 1. The molecular formula is C17H13F5N2O2S. The molecule has 10 heteroatoms. The lowest BCUT2D eigenvalue weighted by Crippen LogP contribution is -2.38. The number of fused-ring (bicyclic) bond motifs is 1. The summed E-state index contributed by atoms with van der Waals surface area (Å²) in [5, 5.41) is 0. The number of amides is 1. The lowest BCUT2D eigenvalue weighted by atomic mass is 9.97. The summed E-state index contributed by atoms with van der Waals surface area (Å²) in [6.07, 6.45) is 0.162. The van der Waals surface area contributed by atoms with Crippen molar-refractivity contribution >= 4 is 22.6 Å². The van der Waals surface area contributed by atoms with Gasteiger partial charge in [-0.05, 0) is 36.2 Å². The van der Waals surface area contributed by atoms with Crippen molar-refractivity contribution in [2.45, 2.75) is 18.5 Å². The summed E-state index contributed by atoms with van der Waals surface area (Å²) in [7, 11) is -3.23. The molecule has 0 radical (unpaired) electrons. The van der Waals surface area contributed by atoms with Crippen LogP contribution in [0.5, 0.6) is 0 Å². The molecule has 1 N–H and O–H groups in total. The molecule has 1 amide bonds. The Balaban J connectivity index is 1.72. The fourth-order valence-electron chi connectivity index (χ4n) is 2.79. The molecule has 0 aromatic heterocycles. The Kier molecular flexibility index (Phi) is 5.18. The molecule has 144 valence electrons. The molecule has 1 heterocycles. The van der Waals surface area contributed by atoms with Gasteiger partial charge >= 0.3 is 5.51 Å². The van der Waals surface area contributed by atoms with Gasteiger partial charge < -0.3 is 4.90 Å². The van der Waals surface area contributed by atoms with Crippen LogP contribution in [0.15, 0.2) is 36.4 Å². The molecule has 0 bridgehead atoms. The molecule has 0 fully saturated rings. The molecule has 1 unspecified atom stereocenters. The maximum atomic E-state index is 13.9. The fraction of sp³-hybridized carbons (Fsp3) is 0.235. The number of halogens is 5. The Morgan fingerprint density at radius 2 is 1.67 bits per heavy atom. The zero-order valence-electron chi connectivity index (χ0n) is 13.6. The number of carbonyl (C=O) groups excluding carboxylic acids is 1. The van der Waals surface area contributed by atoms with Crippen LogP contribution in [0, 0.1) is 11.6 Å².